The highest BCUT2D eigenvalue weighted by Gasteiger charge is 2.35. The molecule has 112 valence electrons. The summed E-state index contributed by atoms with van der Waals surface area (Å²) < 4.78 is 0. The Bertz CT molecular complexity index is 442. The molecule has 0 bridgehead atoms. The molecule has 1 saturated carbocycles. The molecule has 0 aliphatic heterocycles. The van der Waals surface area contributed by atoms with E-state index in [1.165, 1.54) is 36.8 Å². The zero-order valence-electron chi connectivity index (χ0n) is 12.2. The second kappa shape index (κ2) is 7.65. The van der Waals surface area contributed by atoms with Crippen molar-refractivity contribution in [1.29, 1.82) is 0 Å². The quantitative estimate of drug-likeness (QED) is 0.878. The molecule has 20 heavy (non-hydrogen) atoms. The van der Waals surface area contributed by atoms with E-state index in [0.29, 0.717) is 13.0 Å². The van der Waals surface area contributed by atoms with Crippen LogP contribution in [0.15, 0.2) is 24.3 Å². The van der Waals surface area contributed by atoms with Gasteiger partial charge in [-0.15, -0.1) is 12.4 Å². The standard InChI is InChI=1S/C16H24N2O.ClH/c1-13-5-4-6-14(11-13)16(8-2-3-9-16)12-18-15(19)7-10-17;/h4-6,11H,2-3,7-10,12,17H2,1H3,(H,18,19);1H. The van der Waals surface area contributed by atoms with Crippen molar-refractivity contribution in [3.8, 4) is 0 Å². The molecule has 4 heteroatoms. The van der Waals surface area contributed by atoms with E-state index in [-0.39, 0.29) is 23.7 Å². The van der Waals surface area contributed by atoms with E-state index in [0.717, 1.165) is 6.54 Å². The van der Waals surface area contributed by atoms with Gasteiger partial charge in [-0.2, -0.15) is 0 Å². The fourth-order valence-electron chi connectivity index (χ4n) is 3.08. The first-order valence-corrected chi connectivity index (χ1v) is 7.20. The van der Waals surface area contributed by atoms with Crippen LogP contribution in [0.4, 0.5) is 0 Å². The SMILES string of the molecule is Cc1cccc(C2(CNC(=O)CCN)CCCC2)c1.Cl. The van der Waals surface area contributed by atoms with Crippen LogP contribution in [0.1, 0.15) is 43.2 Å². The maximum absolute atomic E-state index is 11.6. The molecule has 0 atom stereocenters. The topological polar surface area (TPSA) is 55.1 Å². The van der Waals surface area contributed by atoms with Gasteiger partial charge in [-0.05, 0) is 25.3 Å². The van der Waals surface area contributed by atoms with Crippen LogP contribution in [0.3, 0.4) is 0 Å². The van der Waals surface area contributed by atoms with Crippen molar-refractivity contribution >= 4 is 18.3 Å². The Morgan fingerprint density at radius 2 is 2.05 bits per heavy atom. The molecule has 3 N–H and O–H groups in total. The summed E-state index contributed by atoms with van der Waals surface area (Å²) in [6.07, 6.45) is 5.25. The van der Waals surface area contributed by atoms with Crippen LogP contribution in [-0.4, -0.2) is 19.0 Å². The molecular weight excluding hydrogens is 272 g/mol. The van der Waals surface area contributed by atoms with E-state index in [1.54, 1.807) is 0 Å². The van der Waals surface area contributed by atoms with Gasteiger partial charge >= 0.3 is 0 Å². The van der Waals surface area contributed by atoms with Gasteiger partial charge in [0.2, 0.25) is 5.91 Å². The third-order valence-electron chi connectivity index (χ3n) is 4.19. The third-order valence-corrected chi connectivity index (χ3v) is 4.19. The molecule has 3 nitrogen and oxygen atoms in total. The van der Waals surface area contributed by atoms with Crippen LogP contribution < -0.4 is 11.1 Å². The Labute approximate surface area is 127 Å². The molecule has 0 heterocycles. The largest absolute Gasteiger partial charge is 0.355 e. The summed E-state index contributed by atoms with van der Waals surface area (Å²) in [5.41, 5.74) is 8.21. The molecule has 1 aromatic rings. The number of aryl methyl sites for hydroxylation is 1. The molecule has 1 aliphatic carbocycles. The molecule has 0 radical (unpaired) electrons. The minimum absolute atomic E-state index is 0. The zero-order chi connectivity index (χ0) is 13.7. The van der Waals surface area contributed by atoms with Crippen LogP contribution >= 0.6 is 12.4 Å². The number of halogens is 1. The van der Waals surface area contributed by atoms with E-state index >= 15 is 0 Å². The van der Waals surface area contributed by atoms with Crippen molar-refractivity contribution in [3.05, 3.63) is 35.4 Å². The Morgan fingerprint density at radius 3 is 2.65 bits per heavy atom. The molecule has 0 aromatic heterocycles. The minimum Gasteiger partial charge on any atom is -0.355 e. The zero-order valence-corrected chi connectivity index (χ0v) is 13.0. The van der Waals surface area contributed by atoms with E-state index in [4.69, 9.17) is 5.73 Å². The average molecular weight is 297 g/mol. The first kappa shape index (κ1) is 17.0. The summed E-state index contributed by atoms with van der Waals surface area (Å²) in [5, 5.41) is 3.07. The van der Waals surface area contributed by atoms with Crippen molar-refractivity contribution in [2.24, 2.45) is 5.73 Å². The number of nitrogens with one attached hydrogen (secondary N) is 1. The average Bonchev–Trinajstić information content (AvgIpc) is 2.87. The second-order valence-corrected chi connectivity index (χ2v) is 5.67. The lowest BCUT2D eigenvalue weighted by molar-refractivity contribution is -0.121. The highest BCUT2D eigenvalue weighted by molar-refractivity contribution is 5.85. The van der Waals surface area contributed by atoms with Crippen molar-refractivity contribution in [2.45, 2.75) is 44.4 Å². The van der Waals surface area contributed by atoms with Crippen molar-refractivity contribution in [1.82, 2.24) is 5.32 Å². The van der Waals surface area contributed by atoms with Crippen LogP contribution in [0.2, 0.25) is 0 Å². The fourth-order valence-corrected chi connectivity index (χ4v) is 3.08. The van der Waals surface area contributed by atoms with Crippen LogP contribution in [0.5, 0.6) is 0 Å². The molecule has 1 aliphatic rings. The number of rotatable bonds is 5. The molecular formula is C16H25ClN2O. The van der Waals surface area contributed by atoms with E-state index in [1.807, 2.05) is 0 Å². The van der Waals surface area contributed by atoms with Gasteiger partial charge in [-0.3, -0.25) is 4.79 Å². The summed E-state index contributed by atoms with van der Waals surface area (Å²) in [6.45, 7) is 3.29. The first-order chi connectivity index (χ1) is 9.16. The monoisotopic (exact) mass is 296 g/mol. The fraction of sp³-hybridized carbons (Fsp3) is 0.562. The van der Waals surface area contributed by atoms with Crippen molar-refractivity contribution < 1.29 is 4.79 Å². The number of carbonyl (C=O) groups is 1. The van der Waals surface area contributed by atoms with Crippen molar-refractivity contribution in [2.75, 3.05) is 13.1 Å². The summed E-state index contributed by atoms with van der Waals surface area (Å²) in [7, 11) is 0. The molecule has 0 saturated heterocycles. The van der Waals surface area contributed by atoms with Gasteiger partial charge in [-0.1, -0.05) is 42.7 Å². The Balaban J connectivity index is 0.00000200. The van der Waals surface area contributed by atoms with Gasteiger partial charge in [0.25, 0.3) is 0 Å². The van der Waals surface area contributed by atoms with Gasteiger partial charge in [0.1, 0.15) is 0 Å². The predicted octanol–water partition coefficient (Wildman–Crippen LogP) is 2.69. The number of hydrogen-bond acceptors (Lipinski definition) is 2. The lowest BCUT2D eigenvalue weighted by atomic mass is 9.78. The second-order valence-electron chi connectivity index (χ2n) is 5.67. The number of benzene rings is 1. The number of hydrogen-bond donors (Lipinski definition) is 2. The van der Waals surface area contributed by atoms with E-state index in [9.17, 15) is 4.79 Å². The van der Waals surface area contributed by atoms with E-state index < -0.39 is 0 Å². The molecule has 0 spiro atoms. The Hall–Kier alpha value is -1.06. The molecule has 1 aromatic carbocycles. The maximum Gasteiger partial charge on any atom is 0.221 e. The third kappa shape index (κ3) is 3.97. The van der Waals surface area contributed by atoms with Gasteiger partial charge in [0.15, 0.2) is 0 Å². The summed E-state index contributed by atoms with van der Waals surface area (Å²) in [5.74, 6) is 0.0708. The molecule has 2 rings (SSSR count). The molecule has 1 fully saturated rings. The Kier molecular flexibility index (Phi) is 6.50. The van der Waals surface area contributed by atoms with Crippen LogP contribution in [-0.2, 0) is 10.2 Å². The highest BCUT2D eigenvalue weighted by Crippen LogP contribution is 2.40. The number of nitrogens with two attached hydrogens (primary N) is 1. The van der Waals surface area contributed by atoms with E-state index in [2.05, 4.69) is 36.5 Å². The summed E-state index contributed by atoms with van der Waals surface area (Å²) in [6, 6.07) is 8.71. The van der Waals surface area contributed by atoms with Gasteiger partial charge in [-0.25, -0.2) is 0 Å². The lowest BCUT2D eigenvalue weighted by Crippen LogP contribution is -2.39. The van der Waals surface area contributed by atoms with Gasteiger partial charge in [0, 0.05) is 24.9 Å². The Morgan fingerprint density at radius 1 is 1.35 bits per heavy atom. The summed E-state index contributed by atoms with van der Waals surface area (Å²) >= 11 is 0. The van der Waals surface area contributed by atoms with Crippen LogP contribution in [0, 0.1) is 6.92 Å². The van der Waals surface area contributed by atoms with Gasteiger partial charge < -0.3 is 11.1 Å². The van der Waals surface area contributed by atoms with Gasteiger partial charge in [0.05, 0.1) is 0 Å². The predicted molar refractivity (Wildman–Crippen MR) is 85.3 cm³/mol. The molecule has 1 amide bonds. The van der Waals surface area contributed by atoms with Crippen LogP contribution in [0.25, 0.3) is 0 Å². The molecule has 0 unspecified atom stereocenters. The summed E-state index contributed by atoms with van der Waals surface area (Å²) in [4.78, 5) is 11.6. The highest BCUT2D eigenvalue weighted by atomic mass is 35.5. The minimum atomic E-state index is 0. The smallest absolute Gasteiger partial charge is 0.221 e. The van der Waals surface area contributed by atoms with Crippen molar-refractivity contribution in [3.63, 3.8) is 0 Å². The number of carbonyl (C=O) groups excluding carboxylic acids is 1. The maximum atomic E-state index is 11.6. The normalized spacial score (nSPS) is 16.5. The lowest BCUT2D eigenvalue weighted by Gasteiger charge is -2.30. The first-order valence-electron chi connectivity index (χ1n) is 7.20. The number of amides is 1.